The van der Waals surface area contributed by atoms with E-state index in [4.69, 9.17) is 4.74 Å². The Morgan fingerprint density at radius 3 is 2.88 bits per heavy atom. The van der Waals surface area contributed by atoms with Gasteiger partial charge in [0, 0.05) is 12.1 Å². The van der Waals surface area contributed by atoms with Gasteiger partial charge in [0.2, 0.25) is 5.52 Å². The summed E-state index contributed by atoms with van der Waals surface area (Å²) in [7, 11) is 0. The molecule has 0 radical (unpaired) electrons. The van der Waals surface area contributed by atoms with Crippen molar-refractivity contribution in [3.8, 4) is 5.75 Å². The molecule has 0 aliphatic heterocycles. The van der Waals surface area contributed by atoms with E-state index in [9.17, 15) is 10.0 Å². The summed E-state index contributed by atoms with van der Waals surface area (Å²) < 4.78 is 6.18. The van der Waals surface area contributed by atoms with Crippen LogP contribution in [0.2, 0.25) is 0 Å². The monoisotopic (exact) mass is 217 g/mol. The van der Waals surface area contributed by atoms with E-state index in [1.165, 1.54) is 6.20 Å². The Morgan fingerprint density at radius 1 is 1.38 bits per heavy atom. The summed E-state index contributed by atoms with van der Waals surface area (Å²) >= 11 is 0. The zero-order valence-corrected chi connectivity index (χ0v) is 8.79. The number of carbonyl (C=O) groups is 1. The number of aldehydes is 1. The van der Waals surface area contributed by atoms with E-state index in [0.29, 0.717) is 22.9 Å². The van der Waals surface area contributed by atoms with Crippen molar-refractivity contribution in [2.45, 2.75) is 13.0 Å². The molecule has 2 aromatic rings. The molecular weight excluding hydrogens is 206 g/mol. The third-order valence-electron chi connectivity index (χ3n) is 2.27. The van der Waals surface area contributed by atoms with Gasteiger partial charge >= 0.3 is 0 Å². The summed E-state index contributed by atoms with van der Waals surface area (Å²) in [5.41, 5.74) is 0.526. The van der Waals surface area contributed by atoms with Gasteiger partial charge in [0.1, 0.15) is 5.75 Å². The number of benzene rings is 1. The largest absolute Gasteiger partial charge is 0.618 e. The molecular formula is C12H11NO3. The predicted molar refractivity (Wildman–Crippen MR) is 59.1 cm³/mol. The first-order valence-corrected chi connectivity index (χ1v) is 4.95. The molecule has 2 rings (SSSR count). The number of hydrogen-bond acceptors (Lipinski definition) is 3. The minimum absolute atomic E-state index is 0.522. The van der Waals surface area contributed by atoms with Crippen LogP contribution >= 0.6 is 0 Å². The molecule has 0 aliphatic rings. The van der Waals surface area contributed by atoms with Crippen LogP contribution in [0, 0.1) is 5.21 Å². The Labute approximate surface area is 92.7 Å². The highest BCUT2D eigenvalue weighted by Crippen LogP contribution is 2.22. The predicted octanol–water partition coefficient (Wildman–Crippen LogP) is 1.44. The maximum Gasteiger partial charge on any atom is 0.227 e. The molecule has 16 heavy (non-hydrogen) atoms. The minimum Gasteiger partial charge on any atom is -0.618 e. The second-order valence-electron chi connectivity index (χ2n) is 3.48. The molecule has 0 fully saturated rings. The maximum absolute atomic E-state index is 11.5. The number of nitrogens with zero attached hydrogens (tertiary/aromatic N) is 1. The topological polar surface area (TPSA) is 53.2 Å². The Balaban J connectivity index is 2.54. The van der Waals surface area contributed by atoms with Crippen molar-refractivity contribution in [3.05, 3.63) is 41.7 Å². The number of rotatable bonds is 3. The molecule has 0 unspecified atom stereocenters. The summed E-state index contributed by atoms with van der Waals surface area (Å²) in [4.78, 5) is 10.5. The average Bonchev–Trinajstić information content (AvgIpc) is 2.33. The Bertz CT molecular complexity index is 525. The lowest BCUT2D eigenvalue weighted by atomic mass is 10.2. The lowest BCUT2D eigenvalue weighted by Gasteiger charge is -2.10. The zero-order valence-electron chi connectivity index (χ0n) is 8.79. The summed E-state index contributed by atoms with van der Waals surface area (Å²) in [6.45, 7) is 1.65. The van der Waals surface area contributed by atoms with E-state index < -0.39 is 6.10 Å². The quantitative estimate of drug-likeness (QED) is 0.444. The number of ether oxygens (including phenoxy) is 1. The molecule has 1 atom stereocenters. The number of hydrogen-bond donors (Lipinski definition) is 0. The van der Waals surface area contributed by atoms with Crippen molar-refractivity contribution in [3.63, 3.8) is 0 Å². The lowest BCUT2D eigenvalue weighted by Crippen LogP contribution is -2.26. The first kappa shape index (κ1) is 10.4. The fourth-order valence-electron chi connectivity index (χ4n) is 1.51. The smallest absolute Gasteiger partial charge is 0.227 e. The molecule has 1 aromatic carbocycles. The van der Waals surface area contributed by atoms with Gasteiger partial charge in [-0.15, -0.1) is 0 Å². The van der Waals surface area contributed by atoms with Crippen LogP contribution in [0.15, 0.2) is 36.5 Å². The summed E-state index contributed by atoms with van der Waals surface area (Å²) in [5.74, 6) is 0.544. The maximum atomic E-state index is 11.5. The summed E-state index contributed by atoms with van der Waals surface area (Å²) in [5, 5.41) is 12.2. The Hall–Kier alpha value is -2.10. The van der Waals surface area contributed by atoms with Crippen LogP contribution in [0.1, 0.15) is 6.92 Å². The van der Waals surface area contributed by atoms with E-state index in [1.54, 1.807) is 31.2 Å². The number of aromatic nitrogens is 1. The average molecular weight is 217 g/mol. The molecule has 0 saturated carbocycles. The Morgan fingerprint density at radius 2 is 2.12 bits per heavy atom. The lowest BCUT2D eigenvalue weighted by molar-refractivity contribution is -0.577. The van der Waals surface area contributed by atoms with Crippen molar-refractivity contribution in [1.29, 1.82) is 0 Å². The van der Waals surface area contributed by atoms with Gasteiger partial charge in [0.05, 0.1) is 5.39 Å². The second kappa shape index (κ2) is 4.18. The SMILES string of the molecule is C[C@H](C=O)Oc1cc[n+]([O-])c2ccccc12. The van der Waals surface area contributed by atoms with Crippen molar-refractivity contribution in [2.24, 2.45) is 0 Å². The number of pyridine rings is 1. The fraction of sp³-hybridized carbons (Fsp3) is 0.167. The van der Waals surface area contributed by atoms with Crippen molar-refractivity contribution >= 4 is 17.2 Å². The molecule has 0 spiro atoms. The summed E-state index contributed by atoms with van der Waals surface area (Å²) in [6.07, 6.45) is 1.56. The second-order valence-corrected chi connectivity index (χ2v) is 3.48. The van der Waals surface area contributed by atoms with E-state index >= 15 is 0 Å². The van der Waals surface area contributed by atoms with Gasteiger partial charge < -0.3 is 9.94 Å². The number of carbonyl (C=O) groups excluding carboxylic acids is 1. The molecule has 0 amide bonds. The van der Waals surface area contributed by atoms with Crippen LogP contribution in [-0.2, 0) is 4.79 Å². The van der Waals surface area contributed by atoms with Gasteiger partial charge in [-0.25, -0.2) is 0 Å². The van der Waals surface area contributed by atoms with Crippen LogP contribution in [0.25, 0.3) is 10.9 Å². The van der Waals surface area contributed by atoms with E-state index in [-0.39, 0.29) is 0 Å². The molecule has 82 valence electrons. The third kappa shape index (κ3) is 1.82. The molecule has 1 aromatic heterocycles. The molecule has 0 N–H and O–H groups in total. The van der Waals surface area contributed by atoms with Crippen LogP contribution in [-0.4, -0.2) is 12.4 Å². The van der Waals surface area contributed by atoms with Gasteiger partial charge in [-0.1, -0.05) is 12.1 Å². The minimum atomic E-state index is -0.522. The van der Waals surface area contributed by atoms with Crippen molar-refractivity contribution in [1.82, 2.24) is 0 Å². The molecule has 4 heteroatoms. The van der Waals surface area contributed by atoms with Gasteiger partial charge in [-0.3, -0.25) is 4.79 Å². The highest BCUT2D eigenvalue weighted by molar-refractivity contribution is 5.82. The molecule has 0 aliphatic carbocycles. The van der Waals surface area contributed by atoms with E-state index in [2.05, 4.69) is 0 Å². The Kier molecular flexibility index (Phi) is 2.72. The first-order chi connectivity index (χ1) is 7.72. The van der Waals surface area contributed by atoms with Crippen LogP contribution in [0.3, 0.4) is 0 Å². The molecule has 4 nitrogen and oxygen atoms in total. The van der Waals surface area contributed by atoms with Crippen LogP contribution in [0.4, 0.5) is 0 Å². The summed E-state index contributed by atoms with van der Waals surface area (Å²) in [6, 6.07) is 8.66. The molecule has 0 saturated heterocycles. The molecule has 1 heterocycles. The normalized spacial score (nSPS) is 12.3. The van der Waals surface area contributed by atoms with Gasteiger partial charge in [0.25, 0.3) is 0 Å². The van der Waals surface area contributed by atoms with Crippen LogP contribution < -0.4 is 9.47 Å². The van der Waals surface area contributed by atoms with E-state index in [0.717, 1.165) is 4.73 Å². The van der Waals surface area contributed by atoms with Gasteiger partial charge in [0.15, 0.2) is 18.6 Å². The zero-order chi connectivity index (χ0) is 11.5. The number of fused-ring (bicyclic) bond motifs is 1. The van der Waals surface area contributed by atoms with Crippen molar-refractivity contribution < 1.29 is 14.3 Å². The van der Waals surface area contributed by atoms with Gasteiger partial charge in [-0.2, -0.15) is 4.73 Å². The number of para-hydroxylation sites is 1. The van der Waals surface area contributed by atoms with Gasteiger partial charge in [-0.05, 0) is 13.0 Å². The third-order valence-corrected chi connectivity index (χ3v) is 2.27. The highest BCUT2D eigenvalue weighted by Gasteiger charge is 2.11. The standard InChI is InChI=1S/C12H11NO3/c1-9(8-14)16-12-6-7-13(15)11-5-3-2-4-10(11)12/h2-9H,1H3/t9-/m1/s1. The van der Waals surface area contributed by atoms with Crippen molar-refractivity contribution in [2.75, 3.05) is 0 Å². The first-order valence-electron chi connectivity index (χ1n) is 4.95. The fourth-order valence-corrected chi connectivity index (χ4v) is 1.51. The molecule has 0 bridgehead atoms. The van der Waals surface area contributed by atoms with Crippen LogP contribution in [0.5, 0.6) is 5.75 Å². The highest BCUT2D eigenvalue weighted by atomic mass is 16.5. The van der Waals surface area contributed by atoms with E-state index in [1.807, 2.05) is 6.07 Å².